The predicted molar refractivity (Wildman–Crippen MR) is 133 cm³/mol. The molecule has 36 heavy (non-hydrogen) atoms. The van der Waals surface area contributed by atoms with E-state index in [1.165, 1.54) is 24.6 Å². The first-order valence-corrected chi connectivity index (χ1v) is 11.5. The van der Waals surface area contributed by atoms with Gasteiger partial charge in [0.15, 0.2) is 11.5 Å². The molecule has 2 amide bonds. The standard InChI is InChI=1S/C25H20BrN3O7/c26-17-7-9-19(36-24(31)10-8-18-4-3-11-33-18)16(12-17)13-28-29-23(30)14-27-25(32)22-15-34-20-5-1-2-6-21(20)35-22/h1-13,22H,14-15H2,(H,27,32)(H,29,30)/b10-8-,28-13-/t22-/m1/s1. The first-order chi connectivity index (χ1) is 17.5. The molecule has 0 radical (unpaired) electrons. The van der Waals surface area contributed by atoms with E-state index in [-0.39, 0.29) is 18.9 Å². The zero-order valence-corrected chi connectivity index (χ0v) is 20.3. The van der Waals surface area contributed by atoms with E-state index in [4.69, 9.17) is 18.6 Å². The molecule has 0 bridgehead atoms. The highest BCUT2D eigenvalue weighted by Crippen LogP contribution is 2.30. The van der Waals surface area contributed by atoms with E-state index in [1.54, 1.807) is 54.6 Å². The number of carbonyl (C=O) groups is 3. The van der Waals surface area contributed by atoms with Crippen LogP contribution in [-0.2, 0) is 14.4 Å². The van der Waals surface area contributed by atoms with Crippen LogP contribution in [0.5, 0.6) is 17.2 Å². The maximum atomic E-state index is 12.3. The van der Waals surface area contributed by atoms with Gasteiger partial charge in [-0.3, -0.25) is 9.59 Å². The fourth-order valence-electron chi connectivity index (χ4n) is 3.04. The number of fused-ring (bicyclic) bond motifs is 1. The van der Waals surface area contributed by atoms with Crippen molar-refractivity contribution in [3.63, 3.8) is 0 Å². The van der Waals surface area contributed by atoms with Gasteiger partial charge in [0, 0.05) is 16.1 Å². The Hall–Kier alpha value is -4.38. The molecule has 0 aliphatic carbocycles. The molecule has 0 spiro atoms. The molecule has 1 aromatic heterocycles. The number of hydrogen-bond acceptors (Lipinski definition) is 8. The SMILES string of the molecule is O=C(CNC(=O)[C@H]1COc2ccccc2O1)N/N=C\c1cc(Br)ccc1OC(=O)/C=C\c1ccco1. The first-order valence-electron chi connectivity index (χ1n) is 10.7. The summed E-state index contributed by atoms with van der Waals surface area (Å²) in [4.78, 5) is 36.6. The first kappa shape index (κ1) is 24.7. The van der Waals surface area contributed by atoms with Gasteiger partial charge in [-0.05, 0) is 48.5 Å². The van der Waals surface area contributed by atoms with E-state index in [2.05, 4.69) is 31.8 Å². The van der Waals surface area contributed by atoms with Gasteiger partial charge >= 0.3 is 5.97 Å². The summed E-state index contributed by atoms with van der Waals surface area (Å²) in [5.74, 6) is 0.0745. The van der Waals surface area contributed by atoms with Crippen LogP contribution < -0.4 is 25.0 Å². The molecule has 0 fully saturated rings. The van der Waals surface area contributed by atoms with Crippen LogP contribution in [0.15, 0.2) is 80.9 Å². The van der Waals surface area contributed by atoms with E-state index < -0.39 is 23.9 Å². The minimum Gasteiger partial charge on any atom is -0.485 e. The van der Waals surface area contributed by atoms with Crippen molar-refractivity contribution in [2.24, 2.45) is 5.10 Å². The zero-order chi connectivity index (χ0) is 25.3. The van der Waals surface area contributed by atoms with Crippen molar-refractivity contribution in [3.05, 3.63) is 82.7 Å². The van der Waals surface area contributed by atoms with E-state index in [1.807, 2.05) is 0 Å². The minimum absolute atomic E-state index is 0.0315. The van der Waals surface area contributed by atoms with Crippen molar-refractivity contribution in [2.75, 3.05) is 13.2 Å². The Balaban J connectivity index is 1.27. The monoisotopic (exact) mass is 553 g/mol. The summed E-state index contributed by atoms with van der Waals surface area (Å²) in [5.41, 5.74) is 2.74. The lowest BCUT2D eigenvalue weighted by Gasteiger charge is -2.25. The van der Waals surface area contributed by atoms with Gasteiger partial charge in [0.1, 0.15) is 18.1 Å². The van der Waals surface area contributed by atoms with Gasteiger partial charge in [-0.2, -0.15) is 5.10 Å². The number of hydrazone groups is 1. The predicted octanol–water partition coefficient (Wildman–Crippen LogP) is 3.07. The Kier molecular flexibility index (Phi) is 8.14. The van der Waals surface area contributed by atoms with Crippen LogP contribution >= 0.6 is 15.9 Å². The van der Waals surface area contributed by atoms with E-state index in [9.17, 15) is 14.4 Å². The van der Waals surface area contributed by atoms with Crippen molar-refractivity contribution in [1.82, 2.24) is 10.7 Å². The van der Waals surface area contributed by atoms with Gasteiger partial charge in [-0.15, -0.1) is 0 Å². The summed E-state index contributed by atoms with van der Waals surface area (Å²) in [6.45, 7) is -0.292. The molecule has 1 atom stereocenters. The number of halogens is 1. The highest BCUT2D eigenvalue weighted by atomic mass is 79.9. The summed E-state index contributed by atoms with van der Waals surface area (Å²) >= 11 is 3.34. The Bertz CT molecular complexity index is 1300. The third-order valence-corrected chi connectivity index (χ3v) is 5.22. The maximum Gasteiger partial charge on any atom is 0.336 e. The number of furan rings is 1. The molecule has 2 heterocycles. The number of nitrogens with zero attached hydrogens (tertiary/aromatic N) is 1. The van der Waals surface area contributed by atoms with Crippen LogP contribution in [-0.4, -0.2) is 43.3 Å². The lowest BCUT2D eigenvalue weighted by Crippen LogP contribution is -2.46. The van der Waals surface area contributed by atoms with Crippen molar-refractivity contribution >= 4 is 46.0 Å². The Morgan fingerprint density at radius 3 is 2.75 bits per heavy atom. The van der Waals surface area contributed by atoms with Crippen LogP contribution in [0.3, 0.4) is 0 Å². The molecule has 3 aromatic rings. The molecule has 10 nitrogen and oxygen atoms in total. The van der Waals surface area contributed by atoms with Gasteiger partial charge in [-0.1, -0.05) is 28.1 Å². The van der Waals surface area contributed by atoms with Gasteiger partial charge in [0.2, 0.25) is 6.10 Å². The summed E-state index contributed by atoms with van der Waals surface area (Å²) in [5, 5.41) is 6.36. The Morgan fingerprint density at radius 1 is 1.11 bits per heavy atom. The van der Waals surface area contributed by atoms with Gasteiger partial charge in [-0.25, -0.2) is 10.2 Å². The fraction of sp³-hybridized carbons (Fsp3) is 0.120. The second kappa shape index (κ2) is 11.8. The number of carbonyl (C=O) groups excluding carboxylic acids is 3. The normalized spacial score (nSPS) is 14.5. The van der Waals surface area contributed by atoms with Crippen molar-refractivity contribution in [2.45, 2.75) is 6.10 Å². The van der Waals surface area contributed by atoms with E-state index in [0.717, 1.165) is 0 Å². The Labute approximate surface area is 214 Å². The van der Waals surface area contributed by atoms with Crippen molar-refractivity contribution < 1.29 is 33.0 Å². The van der Waals surface area contributed by atoms with Crippen LogP contribution in [0, 0.1) is 0 Å². The second-order valence-electron chi connectivity index (χ2n) is 7.33. The molecular weight excluding hydrogens is 534 g/mol. The fourth-order valence-corrected chi connectivity index (χ4v) is 3.41. The number of esters is 1. The molecule has 0 saturated heterocycles. The molecule has 11 heteroatoms. The quantitative estimate of drug-likeness (QED) is 0.144. The number of ether oxygens (including phenoxy) is 3. The lowest BCUT2D eigenvalue weighted by atomic mass is 10.2. The van der Waals surface area contributed by atoms with Gasteiger partial charge in [0.25, 0.3) is 11.8 Å². The van der Waals surface area contributed by atoms with Crippen molar-refractivity contribution in [3.8, 4) is 17.2 Å². The summed E-state index contributed by atoms with van der Waals surface area (Å²) in [7, 11) is 0. The number of amides is 2. The average molecular weight is 554 g/mol. The molecule has 4 rings (SSSR count). The molecule has 184 valence electrons. The highest BCUT2D eigenvalue weighted by molar-refractivity contribution is 9.10. The largest absolute Gasteiger partial charge is 0.485 e. The van der Waals surface area contributed by atoms with Gasteiger partial charge < -0.3 is 23.9 Å². The molecular formula is C25H20BrN3O7. The third kappa shape index (κ3) is 6.83. The van der Waals surface area contributed by atoms with Crippen LogP contribution in [0.1, 0.15) is 11.3 Å². The topological polar surface area (TPSA) is 128 Å². The second-order valence-corrected chi connectivity index (χ2v) is 8.24. The maximum absolute atomic E-state index is 12.3. The van der Waals surface area contributed by atoms with E-state index in [0.29, 0.717) is 27.3 Å². The van der Waals surface area contributed by atoms with E-state index >= 15 is 0 Å². The van der Waals surface area contributed by atoms with Crippen LogP contribution in [0.4, 0.5) is 0 Å². The minimum atomic E-state index is -0.878. The third-order valence-electron chi connectivity index (χ3n) is 4.73. The molecule has 1 aliphatic rings. The lowest BCUT2D eigenvalue weighted by molar-refractivity contribution is -0.132. The summed E-state index contributed by atoms with van der Waals surface area (Å²) in [6, 6.07) is 15.3. The molecule has 0 saturated carbocycles. The molecule has 2 N–H and O–H groups in total. The summed E-state index contributed by atoms with van der Waals surface area (Å²) < 4.78 is 22.3. The smallest absolute Gasteiger partial charge is 0.336 e. The van der Waals surface area contributed by atoms with Crippen molar-refractivity contribution in [1.29, 1.82) is 0 Å². The molecule has 0 unspecified atom stereocenters. The molecule has 2 aromatic carbocycles. The highest BCUT2D eigenvalue weighted by Gasteiger charge is 2.27. The summed E-state index contributed by atoms with van der Waals surface area (Å²) in [6.07, 6.45) is 4.64. The van der Waals surface area contributed by atoms with Gasteiger partial charge in [0.05, 0.1) is 19.0 Å². The van der Waals surface area contributed by atoms with Crippen LogP contribution in [0.2, 0.25) is 0 Å². The molecule has 1 aliphatic heterocycles. The average Bonchev–Trinajstić information content (AvgIpc) is 3.41. The number of para-hydroxylation sites is 2. The number of rotatable bonds is 8. The Morgan fingerprint density at radius 2 is 1.94 bits per heavy atom. The number of hydrogen-bond donors (Lipinski definition) is 2. The zero-order valence-electron chi connectivity index (χ0n) is 18.7. The number of nitrogens with one attached hydrogen (secondary N) is 2. The van der Waals surface area contributed by atoms with Crippen LogP contribution in [0.25, 0.3) is 6.08 Å². The number of benzene rings is 2.